The van der Waals surface area contributed by atoms with E-state index in [1.54, 1.807) is 31.2 Å². The van der Waals surface area contributed by atoms with Crippen molar-refractivity contribution in [2.24, 2.45) is 0 Å². The third-order valence-electron chi connectivity index (χ3n) is 6.67. The smallest absolute Gasteiger partial charge is 0.264 e. The minimum absolute atomic E-state index is 0.0269. The van der Waals surface area contributed by atoms with E-state index in [0.29, 0.717) is 24.3 Å². The minimum atomic E-state index is -4.11. The lowest BCUT2D eigenvalue weighted by molar-refractivity contribution is -0.114. The fourth-order valence-electron chi connectivity index (χ4n) is 4.57. The molecule has 0 saturated carbocycles. The molecule has 1 aliphatic rings. The van der Waals surface area contributed by atoms with Gasteiger partial charge >= 0.3 is 0 Å². The molecule has 1 amide bonds. The van der Waals surface area contributed by atoms with Gasteiger partial charge in [-0.3, -0.25) is 9.10 Å². The lowest BCUT2D eigenvalue weighted by Gasteiger charge is -2.26. The molecule has 4 rings (SSSR count). The highest BCUT2D eigenvalue weighted by molar-refractivity contribution is 7.92. The highest BCUT2D eigenvalue weighted by atomic mass is 32.2. The second-order valence-electron chi connectivity index (χ2n) is 9.64. The summed E-state index contributed by atoms with van der Waals surface area (Å²) in [6, 6.07) is 16.0. The van der Waals surface area contributed by atoms with E-state index in [1.165, 1.54) is 41.7 Å². The van der Waals surface area contributed by atoms with Gasteiger partial charge in [-0.1, -0.05) is 35.4 Å². The molecule has 3 aromatic rings. The minimum Gasteiger partial charge on any atom is -0.495 e. The molecule has 0 spiro atoms. The van der Waals surface area contributed by atoms with Crippen LogP contribution in [0.25, 0.3) is 0 Å². The van der Waals surface area contributed by atoms with Crippen LogP contribution in [0.5, 0.6) is 5.75 Å². The molecule has 3 aromatic carbocycles. The molecule has 1 saturated heterocycles. The molecule has 1 N–H and O–H groups in total. The summed E-state index contributed by atoms with van der Waals surface area (Å²) in [4.78, 5) is 13.4. The second kappa shape index (κ2) is 11.4. The summed E-state index contributed by atoms with van der Waals surface area (Å²) in [7, 11) is -6.45. The number of rotatable bonds is 9. The van der Waals surface area contributed by atoms with E-state index >= 15 is 0 Å². The van der Waals surface area contributed by atoms with Crippen molar-refractivity contribution in [2.75, 3.05) is 36.4 Å². The highest BCUT2D eigenvalue weighted by Crippen LogP contribution is 2.31. The number of sulfonamides is 2. The zero-order valence-electron chi connectivity index (χ0n) is 22.5. The molecular weight excluding hydrogens is 538 g/mol. The molecule has 1 aliphatic heterocycles. The van der Waals surface area contributed by atoms with Crippen molar-refractivity contribution in [3.8, 4) is 5.75 Å². The van der Waals surface area contributed by atoms with Crippen LogP contribution in [-0.4, -0.2) is 53.8 Å². The first-order valence-corrected chi connectivity index (χ1v) is 15.5. The number of benzene rings is 3. The molecule has 0 aromatic heterocycles. The van der Waals surface area contributed by atoms with Gasteiger partial charge in [-0.25, -0.2) is 16.8 Å². The number of hydrogen-bond donors (Lipinski definition) is 1. The van der Waals surface area contributed by atoms with Crippen LogP contribution in [0.1, 0.15) is 29.5 Å². The van der Waals surface area contributed by atoms with Crippen molar-refractivity contribution in [3.63, 3.8) is 0 Å². The molecule has 1 heterocycles. The van der Waals surface area contributed by atoms with E-state index in [-0.39, 0.29) is 21.2 Å². The van der Waals surface area contributed by atoms with Crippen molar-refractivity contribution in [1.29, 1.82) is 0 Å². The van der Waals surface area contributed by atoms with Gasteiger partial charge in [-0.2, -0.15) is 4.31 Å². The fourth-order valence-corrected chi connectivity index (χ4v) is 7.59. The molecule has 0 unspecified atom stereocenters. The van der Waals surface area contributed by atoms with Crippen LogP contribution in [0.15, 0.2) is 70.5 Å². The maximum absolute atomic E-state index is 13.8. The number of anilines is 2. The predicted octanol–water partition coefficient (Wildman–Crippen LogP) is 4.24. The largest absolute Gasteiger partial charge is 0.495 e. The molecule has 9 nitrogen and oxygen atoms in total. The summed E-state index contributed by atoms with van der Waals surface area (Å²) in [6.07, 6.45) is 1.59. The molecule has 1 fully saturated rings. The lowest BCUT2D eigenvalue weighted by atomic mass is 10.1. The zero-order valence-corrected chi connectivity index (χ0v) is 24.1. The number of methoxy groups -OCH3 is 1. The van der Waals surface area contributed by atoms with Crippen molar-refractivity contribution >= 4 is 37.3 Å². The summed E-state index contributed by atoms with van der Waals surface area (Å²) >= 11 is 0. The molecule has 0 aliphatic carbocycles. The third kappa shape index (κ3) is 6.10. The van der Waals surface area contributed by atoms with Crippen molar-refractivity contribution in [1.82, 2.24) is 4.31 Å². The van der Waals surface area contributed by atoms with Crippen LogP contribution in [0, 0.1) is 20.8 Å². The summed E-state index contributed by atoms with van der Waals surface area (Å²) in [5.74, 6) is -0.400. The van der Waals surface area contributed by atoms with Crippen molar-refractivity contribution < 1.29 is 26.4 Å². The number of amides is 1. The van der Waals surface area contributed by atoms with Crippen LogP contribution in [-0.2, 0) is 24.8 Å². The number of aryl methyl sites for hydroxylation is 3. The maximum Gasteiger partial charge on any atom is 0.264 e. The first-order chi connectivity index (χ1) is 18.4. The number of carbonyl (C=O) groups is 1. The number of nitrogens with one attached hydrogen (secondary N) is 1. The highest BCUT2D eigenvalue weighted by Gasteiger charge is 2.30. The molecule has 0 bridgehead atoms. The molecule has 0 atom stereocenters. The quantitative estimate of drug-likeness (QED) is 0.411. The van der Waals surface area contributed by atoms with Crippen molar-refractivity contribution in [2.45, 2.75) is 43.4 Å². The molecule has 0 radical (unpaired) electrons. The molecule has 11 heteroatoms. The molecule has 39 heavy (non-hydrogen) atoms. The van der Waals surface area contributed by atoms with Gasteiger partial charge in [0.05, 0.1) is 28.3 Å². The molecule has 208 valence electrons. The van der Waals surface area contributed by atoms with Crippen LogP contribution in [0.2, 0.25) is 0 Å². The van der Waals surface area contributed by atoms with Gasteiger partial charge in [0, 0.05) is 13.1 Å². The van der Waals surface area contributed by atoms with E-state index in [4.69, 9.17) is 4.74 Å². The van der Waals surface area contributed by atoms with E-state index in [2.05, 4.69) is 5.32 Å². The first-order valence-electron chi connectivity index (χ1n) is 12.6. The normalized spacial score (nSPS) is 14.3. The fraction of sp³-hybridized carbons (Fsp3) is 0.321. The summed E-state index contributed by atoms with van der Waals surface area (Å²) in [5, 5.41) is 2.68. The Morgan fingerprint density at radius 3 is 2.10 bits per heavy atom. The Balaban J connectivity index is 1.68. The van der Waals surface area contributed by atoms with Crippen LogP contribution in [0.3, 0.4) is 0 Å². The van der Waals surface area contributed by atoms with Gasteiger partial charge < -0.3 is 10.1 Å². The Morgan fingerprint density at radius 1 is 0.872 bits per heavy atom. The van der Waals surface area contributed by atoms with E-state index in [0.717, 1.165) is 28.3 Å². The Kier molecular flexibility index (Phi) is 8.34. The van der Waals surface area contributed by atoms with Crippen molar-refractivity contribution in [3.05, 3.63) is 77.4 Å². The van der Waals surface area contributed by atoms with E-state index in [1.807, 2.05) is 19.9 Å². The van der Waals surface area contributed by atoms with E-state index < -0.39 is 32.5 Å². The van der Waals surface area contributed by atoms with Crippen LogP contribution >= 0.6 is 0 Å². The van der Waals surface area contributed by atoms with Gasteiger partial charge in [-0.05, 0) is 75.6 Å². The van der Waals surface area contributed by atoms with Gasteiger partial charge in [-0.15, -0.1) is 0 Å². The Bertz CT molecular complexity index is 1580. The number of ether oxygens (including phenoxy) is 1. The average Bonchev–Trinajstić information content (AvgIpc) is 3.44. The maximum atomic E-state index is 13.8. The number of carbonyl (C=O) groups excluding carboxylic acids is 1. The van der Waals surface area contributed by atoms with Crippen LogP contribution in [0.4, 0.5) is 11.4 Å². The van der Waals surface area contributed by atoms with Crippen LogP contribution < -0.4 is 14.4 Å². The predicted molar refractivity (Wildman–Crippen MR) is 151 cm³/mol. The Labute approximate surface area is 230 Å². The topological polar surface area (TPSA) is 113 Å². The standard InChI is InChI=1S/C28H33N3O6S2/c1-20-7-10-23(11-8-20)39(35,36)31(26-13-9-21(2)17-22(26)3)19-28(32)29-25-18-24(12-14-27(25)37-4)38(33,34)30-15-5-6-16-30/h7-14,17-18H,5-6,15-16,19H2,1-4H3,(H,29,32). The first kappa shape index (κ1) is 28.6. The second-order valence-corrected chi connectivity index (χ2v) is 13.4. The lowest BCUT2D eigenvalue weighted by Crippen LogP contribution is -2.38. The van der Waals surface area contributed by atoms with Gasteiger partial charge in [0.15, 0.2) is 0 Å². The number of hydrogen-bond acceptors (Lipinski definition) is 6. The summed E-state index contributed by atoms with van der Waals surface area (Å²) in [5.41, 5.74) is 3.05. The van der Waals surface area contributed by atoms with Gasteiger partial charge in [0.25, 0.3) is 10.0 Å². The van der Waals surface area contributed by atoms with Gasteiger partial charge in [0.1, 0.15) is 12.3 Å². The van der Waals surface area contributed by atoms with Gasteiger partial charge in [0.2, 0.25) is 15.9 Å². The third-order valence-corrected chi connectivity index (χ3v) is 10.3. The summed E-state index contributed by atoms with van der Waals surface area (Å²) in [6.45, 7) is 5.89. The Morgan fingerprint density at radius 2 is 1.49 bits per heavy atom. The number of nitrogens with zero attached hydrogens (tertiary/aromatic N) is 2. The van der Waals surface area contributed by atoms with E-state index in [9.17, 15) is 21.6 Å². The average molecular weight is 572 g/mol. The summed E-state index contributed by atoms with van der Waals surface area (Å²) < 4.78 is 61.6. The Hall–Kier alpha value is -3.41. The SMILES string of the molecule is COc1ccc(S(=O)(=O)N2CCCC2)cc1NC(=O)CN(c1ccc(C)cc1C)S(=O)(=O)c1ccc(C)cc1. The monoisotopic (exact) mass is 571 g/mol. The molecular formula is C28H33N3O6S2. The zero-order chi connectivity index (χ0) is 28.4.